The van der Waals surface area contributed by atoms with E-state index < -0.39 is 5.97 Å². The second-order valence-electron chi connectivity index (χ2n) is 3.82. The summed E-state index contributed by atoms with van der Waals surface area (Å²) in [6, 6.07) is 0.00722. The fraction of sp³-hybridized carbons (Fsp3) is 0.778. The van der Waals surface area contributed by atoms with Gasteiger partial charge in [0.2, 0.25) is 0 Å². The zero-order valence-electron chi connectivity index (χ0n) is 8.39. The molecule has 2 fully saturated rings. The van der Waals surface area contributed by atoms with Gasteiger partial charge in [0.1, 0.15) is 0 Å². The van der Waals surface area contributed by atoms with Crippen molar-refractivity contribution in [2.24, 2.45) is 5.92 Å². The number of thioether (sulfide) groups is 1. The lowest BCUT2D eigenvalue weighted by Crippen LogP contribution is -2.58. The van der Waals surface area contributed by atoms with Gasteiger partial charge in [0.15, 0.2) is 0 Å². The molecule has 2 amide bonds. The third-order valence-corrected chi connectivity index (χ3v) is 3.73. The third kappa shape index (κ3) is 2.19. The number of aliphatic carboxylic acids is 1. The lowest BCUT2D eigenvalue weighted by atomic mass is 10.0. The van der Waals surface area contributed by atoms with Crippen LogP contribution in [0.3, 0.4) is 0 Å². The number of carbonyl (C=O) groups excluding carboxylic acids is 1. The Hall–Kier alpha value is -0.910. The van der Waals surface area contributed by atoms with Gasteiger partial charge in [-0.3, -0.25) is 4.79 Å². The molecule has 0 aromatic rings. The van der Waals surface area contributed by atoms with Crippen LogP contribution in [0.2, 0.25) is 0 Å². The highest BCUT2D eigenvalue weighted by Crippen LogP contribution is 2.19. The highest BCUT2D eigenvalue weighted by atomic mass is 32.2. The summed E-state index contributed by atoms with van der Waals surface area (Å²) in [5, 5.41) is 8.69. The molecule has 2 rings (SSSR count). The minimum absolute atomic E-state index is 0.00722. The molecule has 84 valence electrons. The Morgan fingerprint density at radius 3 is 2.27 bits per heavy atom. The van der Waals surface area contributed by atoms with Crippen LogP contribution in [0.1, 0.15) is 0 Å². The SMILES string of the molecule is O=C(O)C1CN(C(=O)N2CCSCC2)C1. The van der Waals surface area contributed by atoms with Crippen molar-refractivity contribution in [1.29, 1.82) is 0 Å². The summed E-state index contributed by atoms with van der Waals surface area (Å²) >= 11 is 1.85. The first-order valence-corrected chi connectivity index (χ1v) is 6.18. The predicted octanol–water partition coefficient (Wildman–Crippen LogP) is 0.172. The first-order valence-electron chi connectivity index (χ1n) is 5.03. The molecule has 0 aromatic heterocycles. The summed E-state index contributed by atoms with van der Waals surface area (Å²) < 4.78 is 0. The lowest BCUT2D eigenvalue weighted by molar-refractivity contribution is -0.146. The summed E-state index contributed by atoms with van der Waals surface area (Å²) in [6.07, 6.45) is 0. The van der Waals surface area contributed by atoms with E-state index in [1.165, 1.54) is 0 Å². The van der Waals surface area contributed by atoms with E-state index in [1.807, 2.05) is 16.7 Å². The second-order valence-corrected chi connectivity index (χ2v) is 5.05. The predicted molar refractivity (Wildman–Crippen MR) is 57.0 cm³/mol. The van der Waals surface area contributed by atoms with E-state index in [9.17, 15) is 9.59 Å². The molecule has 0 saturated carbocycles. The number of nitrogens with zero attached hydrogens (tertiary/aromatic N) is 2. The molecule has 5 nitrogen and oxygen atoms in total. The molecule has 0 radical (unpaired) electrons. The summed E-state index contributed by atoms with van der Waals surface area (Å²) in [6.45, 7) is 2.32. The third-order valence-electron chi connectivity index (χ3n) is 2.78. The topological polar surface area (TPSA) is 60.9 Å². The number of hydrogen-bond acceptors (Lipinski definition) is 3. The Morgan fingerprint density at radius 2 is 1.73 bits per heavy atom. The van der Waals surface area contributed by atoms with Gasteiger partial charge in [-0.05, 0) is 0 Å². The maximum Gasteiger partial charge on any atom is 0.320 e. The van der Waals surface area contributed by atoms with Crippen LogP contribution in [-0.2, 0) is 4.79 Å². The van der Waals surface area contributed by atoms with Crippen LogP contribution < -0.4 is 0 Å². The van der Waals surface area contributed by atoms with Crippen LogP contribution in [0.5, 0.6) is 0 Å². The van der Waals surface area contributed by atoms with Gasteiger partial charge in [-0.15, -0.1) is 0 Å². The van der Waals surface area contributed by atoms with Crippen molar-refractivity contribution in [2.45, 2.75) is 0 Å². The Kier molecular flexibility index (Phi) is 3.04. The average Bonchev–Trinajstić information content (AvgIpc) is 2.16. The van der Waals surface area contributed by atoms with Crippen LogP contribution in [0.4, 0.5) is 4.79 Å². The molecule has 6 heteroatoms. The largest absolute Gasteiger partial charge is 0.481 e. The quantitative estimate of drug-likeness (QED) is 0.697. The van der Waals surface area contributed by atoms with Crippen molar-refractivity contribution in [3.63, 3.8) is 0 Å². The number of rotatable bonds is 1. The number of likely N-dealkylation sites (tertiary alicyclic amines) is 1. The fourth-order valence-electron chi connectivity index (χ4n) is 1.75. The zero-order chi connectivity index (χ0) is 10.8. The summed E-state index contributed by atoms with van der Waals surface area (Å²) in [4.78, 5) is 25.8. The van der Waals surface area contributed by atoms with Crippen molar-refractivity contribution in [1.82, 2.24) is 9.80 Å². The van der Waals surface area contributed by atoms with Crippen molar-refractivity contribution in [3.05, 3.63) is 0 Å². The zero-order valence-corrected chi connectivity index (χ0v) is 9.20. The molecule has 0 aromatic carbocycles. The van der Waals surface area contributed by atoms with E-state index in [1.54, 1.807) is 4.90 Å². The monoisotopic (exact) mass is 230 g/mol. The smallest absolute Gasteiger partial charge is 0.320 e. The van der Waals surface area contributed by atoms with Gasteiger partial charge < -0.3 is 14.9 Å². The molecule has 0 atom stereocenters. The summed E-state index contributed by atoms with van der Waals surface area (Å²) in [7, 11) is 0. The number of hydrogen-bond donors (Lipinski definition) is 1. The van der Waals surface area contributed by atoms with E-state index in [2.05, 4.69) is 0 Å². The molecule has 15 heavy (non-hydrogen) atoms. The minimum Gasteiger partial charge on any atom is -0.481 e. The van der Waals surface area contributed by atoms with Gasteiger partial charge in [-0.2, -0.15) is 11.8 Å². The molecular formula is C9H14N2O3S. The molecule has 2 heterocycles. The first kappa shape index (κ1) is 10.6. The van der Waals surface area contributed by atoms with E-state index in [0.29, 0.717) is 13.1 Å². The average molecular weight is 230 g/mol. The highest BCUT2D eigenvalue weighted by Gasteiger charge is 2.37. The van der Waals surface area contributed by atoms with Crippen LogP contribution in [0, 0.1) is 5.92 Å². The summed E-state index contributed by atoms with van der Waals surface area (Å²) in [5.74, 6) is 0.825. The van der Waals surface area contributed by atoms with Crippen LogP contribution in [-0.4, -0.2) is 64.6 Å². The highest BCUT2D eigenvalue weighted by molar-refractivity contribution is 7.99. The standard InChI is InChI=1S/C9H14N2O3S/c12-8(13)7-5-11(6-7)9(14)10-1-3-15-4-2-10/h7H,1-6H2,(H,12,13). The molecule has 2 saturated heterocycles. The molecule has 0 aliphatic carbocycles. The maximum absolute atomic E-state index is 11.8. The number of carboxylic acid groups (broad SMARTS) is 1. The van der Waals surface area contributed by atoms with Gasteiger partial charge >= 0.3 is 12.0 Å². The van der Waals surface area contributed by atoms with Gasteiger partial charge in [0.25, 0.3) is 0 Å². The van der Waals surface area contributed by atoms with Gasteiger partial charge in [-0.25, -0.2) is 4.79 Å². The molecule has 2 aliphatic rings. The minimum atomic E-state index is -0.798. The van der Waals surface area contributed by atoms with Gasteiger partial charge in [0, 0.05) is 37.7 Å². The first-order chi connectivity index (χ1) is 7.18. The maximum atomic E-state index is 11.8. The van der Waals surface area contributed by atoms with Crippen molar-refractivity contribution >= 4 is 23.8 Å². The molecule has 0 bridgehead atoms. The molecule has 0 unspecified atom stereocenters. The lowest BCUT2D eigenvalue weighted by Gasteiger charge is -2.40. The number of carboxylic acids is 1. The Bertz CT molecular complexity index is 273. The molecule has 1 N–H and O–H groups in total. The van der Waals surface area contributed by atoms with E-state index in [4.69, 9.17) is 5.11 Å². The van der Waals surface area contributed by atoms with Crippen LogP contribution in [0.15, 0.2) is 0 Å². The second kappa shape index (κ2) is 4.30. The molecular weight excluding hydrogens is 216 g/mol. The Morgan fingerprint density at radius 1 is 1.13 bits per heavy atom. The van der Waals surface area contributed by atoms with Gasteiger partial charge in [-0.1, -0.05) is 0 Å². The van der Waals surface area contributed by atoms with E-state index in [-0.39, 0.29) is 11.9 Å². The van der Waals surface area contributed by atoms with E-state index >= 15 is 0 Å². The fourth-order valence-corrected chi connectivity index (χ4v) is 2.65. The molecule has 2 aliphatic heterocycles. The number of carbonyl (C=O) groups is 2. The Balaban J connectivity index is 1.80. The van der Waals surface area contributed by atoms with Crippen molar-refractivity contribution < 1.29 is 14.7 Å². The number of urea groups is 1. The normalized spacial score (nSPS) is 22.4. The molecule has 0 spiro atoms. The Labute approximate surface area is 92.4 Å². The number of amides is 2. The van der Waals surface area contributed by atoms with Crippen LogP contribution in [0.25, 0.3) is 0 Å². The van der Waals surface area contributed by atoms with Crippen molar-refractivity contribution in [3.8, 4) is 0 Å². The van der Waals surface area contributed by atoms with Crippen LogP contribution >= 0.6 is 11.8 Å². The van der Waals surface area contributed by atoms with Crippen molar-refractivity contribution in [2.75, 3.05) is 37.7 Å². The van der Waals surface area contributed by atoms with Gasteiger partial charge in [0.05, 0.1) is 5.92 Å². The van der Waals surface area contributed by atoms with E-state index in [0.717, 1.165) is 24.6 Å². The summed E-state index contributed by atoms with van der Waals surface area (Å²) in [5.41, 5.74) is 0.